The molecule has 106 valence electrons. The Bertz CT molecular complexity index is 904. The summed E-state index contributed by atoms with van der Waals surface area (Å²) in [7, 11) is 0. The molecule has 0 fully saturated rings. The Balaban J connectivity index is 2.45. The molecule has 2 aromatic carbocycles. The van der Waals surface area contributed by atoms with E-state index in [2.05, 4.69) is 11.1 Å². The van der Waals surface area contributed by atoms with E-state index in [0.29, 0.717) is 5.56 Å². The van der Waals surface area contributed by atoms with E-state index < -0.39 is 0 Å². The maximum Gasteiger partial charge on any atom is 0.266 e. The molecule has 0 amide bonds. The van der Waals surface area contributed by atoms with Crippen LogP contribution in [0.4, 0.5) is 0 Å². The van der Waals surface area contributed by atoms with Crippen molar-refractivity contribution in [3.8, 4) is 28.3 Å². The molecule has 22 heavy (non-hydrogen) atoms. The molecule has 0 unspecified atom stereocenters. The summed E-state index contributed by atoms with van der Waals surface area (Å²) in [5.74, 6) is 0. The molecule has 0 bridgehead atoms. The van der Waals surface area contributed by atoms with E-state index in [9.17, 15) is 10.1 Å². The van der Waals surface area contributed by atoms with Crippen LogP contribution in [0, 0.1) is 18.3 Å². The quantitative estimate of drug-likeness (QED) is 0.777. The van der Waals surface area contributed by atoms with E-state index in [1.54, 1.807) is 0 Å². The molecule has 0 aliphatic rings. The van der Waals surface area contributed by atoms with Gasteiger partial charge in [-0.05, 0) is 18.1 Å². The van der Waals surface area contributed by atoms with Gasteiger partial charge in [0.1, 0.15) is 11.6 Å². The lowest BCUT2D eigenvalue weighted by molar-refractivity contribution is 1.13. The van der Waals surface area contributed by atoms with Gasteiger partial charge in [0.15, 0.2) is 0 Å². The molecule has 0 radical (unpaired) electrons. The number of nitrogens with one attached hydrogen (secondary N) is 1. The van der Waals surface area contributed by atoms with Crippen molar-refractivity contribution in [3.63, 3.8) is 0 Å². The minimum Gasteiger partial charge on any atom is -0.325 e. The summed E-state index contributed by atoms with van der Waals surface area (Å²) < 4.78 is 0. The summed E-state index contributed by atoms with van der Waals surface area (Å²) in [6.07, 6.45) is 0. The lowest BCUT2D eigenvalue weighted by Gasteiger charge is -2.14. The van der Waals surface area contributed by atoms with E-state index in [1.807, 2.05) is 67.6 Å². The molecular weight excluding hydrogens is 272 g/mol. The van der Waals surface area contributed by atoms with Gasteiger partial charge in [-0.15, -0.1) is 0 Å². The lowest BCUT2D eigenvalue weighted by Crippen LogP contribution is -2.14. The number of pyridine rings is 1. The first-order valence-electron chi connectivity index (χ1n) is 7.00. The Morgan fingerprint density at radius 1 is 0.864 bits per heavy atom. The molecule has 1 N–H and O–H groups in total. The standard InChI is InChI=1S/C19H14N2O/c1-13-17(14-8-4-2-5-9-14)18(15-10-6-3-7-11-15)16(12-20)19(22)21-13/h2-11H,1H3,(H,21,22). The molecule has 0 spiro atoms. The zero-order valence-electron chi connectivity index (χ0n) is 12.1. The molecule has 3 aromatic rings. The Morgan fingerprint density at radius 2 is 1.36 bits per heavy atom. The van der Waals surface area contributed by atoms with Crippen molar-refractivity contribution >= 4 is 0 Å². The van der Waals surface area contributed by atoms with Crippen LogP contribution in [0.2, 0.25) is 0 Å². The van der Waals surface area contributed by atoms with Crippen LogP contribution in [-0.4, -0.2) is 4.98 Å². The fraction of sp³-hybridized carbons (Fsp3) is 0.0526. The number of aryl methyl sites for hydroxylation is 1. The van der Waals surface area contributed by atoms with Crippen LogP contribution in [0.25, 0.3) is 22.3 Å². The first kappa shape index (κ1) is 13.8. The molecule has 0 atom stereocenters. The Morgan fingerprint density at radius 3 is 1.86 bits per heavy atom. The maximum atomic E-state index is 12.2. The van der Waals surface area contributed by atoms with Crippen LogP contribution >= 0.6 is 0 Å². The number of nitriles is 1. The number of aromatic amines is 1. The number of nitrogens with zero attached hydrogens (tertiary/aromatic N) is 1. The molecule has 0 aliphatic carbocycles. The Hall–Kier alpha value is -3.12. The zero-order valence-corrected chi connectivity index (χ0v) is 12.1. The van der Waals surface area contributed by atoms with Gasteiger partial charge in [0.2, 0.25) is 0 Å². The van der Waals surface area contributed by atoms with Crippen molar-refractivity contribution < 1.29 is 0 Å². The number of aromatic nitrogens is 1. The minimum absolute atomic E-state index is 0.149. The van der Waals surface area contributed by atoms with Gasteiger partial charge < -0.3 is 4.98 Å². The third-order valence-electron chi connectivity index (χ3n) is 3.64. The molecule has 1 aromatic heterocycles. The van der Waals surface area contributed by atoms with Crippen LogP contribution in [0.3, 0.4) is 0 Å². The van der Waals surface area contributed by atoms with Gasteiger partial charge >= 0.3 is 0 Å². The predicted molar refractivity (Wildman–Crippen MR) is 87.4 cm³/mol. The van der Waals surface area contributed by atoms with Crippen molar-refractivity contribution in [1.29, 1.82) is 5.26 Å². The van der Waals surface area contributed by atoms with Crippen LogP contribution < -0.4 is 5.56 Å². The van der Waals surface area contributed by atoms with Crippen molar-refractivity contribution in [2.24, 2.45) is 0 Å². The van der Waals surface area contributed by atoms with Gasteiger partial charge in [0, 0.05) is 16.8 Å². The van der Waals surface area contributed by atoms with Gasteiger partial charge in [-0.25, -0.2) is 0 Å². The number of hydrogen-bond acceptors (Lipinski definition) is 2. The Kier molecular flexibility index (Phi) is 3.59. The second-order valence-corrected chi connectivity index (χ2v) is 5.05. The SMILES string of the molecule is Cc1[nH]c(=O)c(C#N)c(-c2ccccc2)c1-c1ccccc1. The van der Waals surface area contributed by atoms with Crippen LogP contribution in [0.1, 0.15) is 11.3 Å². The van der Waals surface area contributed by atoms with Crippen LogP contribution in [-0.2, 0) is 0 Å². The van der Waals surface area contributed by atoms with Crippen LogP contribution in [0.15, 0.2) is 65.5 Å². The van der Waals surface area contributed by atoms with Crippen molar-refractivity contribution in [1.82, 2.24) is 4.98 Å². The highest BCUT2D eigenvalue weighted by Gasteiger charge is 2.18. The highest BCUT2D eigenvalue weighted by atomic mass is 16.1. The van der Waals surface area contributed by atoms with Gasteiger partial charge in [-0.2, -0.15) is 5.26 Å². The minimum atomic E-state index is -0.349. The summed E-state index contributed by atoms with van der Waals surface area (Å²) in [6.45, 7) is 1.86. The topological polar surface area (TPSA) is 56.6 Å². The van der Waals surface area contributed by atoms with Crippen molar-refractivity contribution in [2.45, 2.75) is 6.92 Å². The second-order valence-electron chi connectivity index (χ2n) is 5.05. The fourth-order valence-corrected chi connectivity index (χ4v) is 2.69. The van der Waals surface area contributed by atoms with Gasteiger partial charge in [-0.3, -0.25) is 4.79 Å². The molecule has 0 aliphatic heterocycles. The van der Waals surface area contributed by atoms with E-state index in [4.69, 9.17) is 0 Å². The van der Waals surface area contributed by atoms with Gasteiger partial charge in [0.05, 0.1) is 0 Å². The maximum absolute atomic E-state index is 12.2. The number of rotatable bonds is 2. The van der Waals surface area contributed by atoms with Crippen LogP contribution in [0.5, 0.6) is 0 Å². The monoisotopic (exact) mass is 286 g/mol. The third-order valence-corrected chi connectivity index (χ3v) is 3.64. The molecule has 0 saturated heterocycles. The summed E-state index contributed by atoms with van der Waals surface area (Å²) in [4.78, 5) is 15.0. The normalized spacial score (nSPS) is 10.2. The summed E-state index contributed by atoms with van der Waals surface area (Å²) in [5.41, 5.74) is 3.99. The summed E-state index contributed by atoms with van der Waals surface area (Å²) in [6, 6.07) is 21.4. The van der Waals surface area contributed by atoms with E-state index in [0.717, 1.165) is 22.4 Å². The number of benzene rings is 2. The molecule has 1 heterocycles. The predicted octanol–water partition coefficient (Wildman–Crippen LogP) is 3.89. The second kappa shape index (κ2) is 5.71. The van der Waals surface area contributed by atoms with Crippen molar-refractivity contribution in [3.05, 3.63) is 82.3 Å². The van der Waals surface area contributed by atoms with E-state index >= 15 is 0 Å². The Labute approximate surface area is 128 Å². The summed E-state index contributed by atoms with van der Waals surface area (Å²) >= 11 is 0. The molecule has 3 nitrogen and oxygen atoms in total. The molecule has 3 heteroatoms. The molecular formula is C19H14N2O. The van der Waals surface area contributed by atoms with Gasteiger partial charge in [0.25, 0.3) is 5.56 Å². The number of H-pyrrole nitrogens is 1. The number of hydrogen-bond donors (Lipinski definition) is 1. The first-order chi connectivity index (χ1) is 10.7. The smallest absolute Gasteiger partial charge is 0.266 e. The van der Waals surface area contributed by atoms with E-state index in [1.165, 1.54) is 0 Å². The highest BCUT2D eigenvalue weighted by molar-refractivity contribution is 5.88. The molecule has 0 saturated carbocycles. The largest absolute Gasteiger partial charge is 0.325 e. The average Bonchev–Trinajstić information content (AvgIpc) is 2.56. The highest BCUT2D eigenvalue weighted by Crippen LogP contribution is 2.34. The molecule has 3 rings (SSSR count). The van der Waals surface area contributed by atoms with Gasteiger partial charge in [-0.1, -0.05) is 60.7 Å². The first-order valence-corrected chi connectivity index (χ1v) is 7.00. The average molecular weight is 286 g/mol. The van der Waals surface area contributed by atoms with Crippen molar-refractivity contribution in [2.75, 3.05) is 0 Å². The zero-order chi connectivity index (χ0) is 15.5. The summed E-state index contributed by atoms with van der Waals surface area (Å²) in [5, 5.41) is 9.45. The third kappa shape index (κ3) is 2.32. The lowest BCUT2D eigenvalue weighted by atomic mass is 9.91. The fourth-order valence-electron chi connectivity index (χ4n) is 2.69. The van der Waals surface area contributed by atoms with E-state index in [-0.39, 0.29) is 11.1 Å².